The van der Waals surface area contributed by atoms with E-state index in [2.05, 4.69) is 24.8 Å². The minimum absolute atomic E-state index is 0.0407. The second-order valence-corrected chi connectivity index (χ2v) is 7.34. The van der Waals surface area contributed by atoms with Gasteiger partial charge in [0, 0.05) is 6.54 Å². The molecule has 0 saturated carbocycles. The van der Waals surface area contributed by atoms with Gasteiger partial charge in [-0.05, 0) is 62.9 Å². The highest BCUT2D eigenvalue weighted by Gasteiger charge is 2.42. The molecule has 1 aromatic rings. The number of ether oxygens (including phenoxy) is 2. The van der Waals surface area contributed by atoms with Crippen molar-refractivity contribution in [1.82, 2.24) is 4.90 Å². The molecule has 1 aliphatic heterocycles. The van der Waals surface area contributed by atoms with E-state index in [1.807, 2.05) is 25.1 Å². The normalized spacial score (nSPS) is 18.6. The maximum Gasteiger partial charge on any atom is 0.312 e. The van der Waals surface area contributed by atoms with Crippen LogP contribution in [0.3, 0.4) is 0 Å². The predicted octanol–water partition coefficient (Wildman–Crippen LogP) is 3.93. The summed E-state index contributed by atoms with van der Waals surface area (Å²) in [5.74, 6) is 1.50. The highest BCUT2D eigenvalue weighted by Crippen LogP contribution is 2.37. The van der Waals surface area contributed by atoms with E-state index in [4.69, 9.17) is 9.47 Å². The fraction of sp³-hybridized carbons (Fsp3) is 0.667. The van der Waals surface area contributed by atoms with Crippen LogP contribution in [-0.4, -0.2) is 44.2 Å². The van der Waals surface area contributed by atoms with Gasteiger partial charge in [0.05, 0.1) is 19.1 Å². The van der Waals surface area contributed by atoms with Crippen LogP contribution < -0.4 is 4.74 Å². The van der Waals surface area contributed by atoms with Crippen molar-refractivity contribution in [3.63, 3.8) is 0 Å². The monoisotopic (exact) mass is 347 g/mol. The topological polar surface area (TPSA) is 38.8 Å². The Morgan fingerprint density at radius 2 is 2.00 bits per heavy atom. The largest absolute Gasteiger partial charge is 0.497 e. The van der Waals surface area contributed by atoms with Crippen molar-refractivity contribution in [2.24, 2.45) is 11.3 Å². The number of likely N-dealkylation sites (tertiary alicyclic amines) is 1. The molecule has 25 heavy (non-hydrogen) atoms. The van der Waals surface area contributed by atoms with E-state index >= 15 is 0 Å². The Morgan fingerprint density at radius 3 is 2.60 bits per heavy atom. The van der Waals surface area contributed by atoms with Gasteiger partial charge in [-0.2, -0.15) is 0 Å². The van der Waals surface area contributed by atoms with Gasteiger partial charge in [0.2, 0.25) is 0 Å². The second kappa shape index (κ2) is 9.23. The van der Waals surface area contributed by atoms with Crippen molar-refractivity contribution in [3.05, 3.63) is 29.8 Å². The predicted molar refractivity (Wildman–Crippen MR) is 101 cm³/mol. The van der Waals surface area contributed by atoms with Crippen molar-refractivity contribution in [1.29, 1.82) is 0 Å². The summed E-state index contributed by atoms with van der Waals surface area (Å²) in [6.07, 6.45) is 3.64. The van der Waals surface area contributed by atoms with Gasteiger partial charge in [0.15, 0.2) is 0 Å². The molecule has 0 aromatic heterocycles. The fourth-order valence-electron chi connectivity index (χ4n) is 3.64. The molecule has 0 amide bonds. The summed E-state index contributed by atoms with van der Waals surface area (Å²) in [5.41, 5.74) is 0.733. The Morgan fingerprint density at radius 1 is 1.28 bits per heavy atom. The number of methoxy groups -OCH3 is 1. The smallest absolute Gasteiger partial charge is 0.312 e. The fourth-order valence-corrected chi connectivity index (χ4v) is 3.64. The van der Waals surface area contributed by atoms with Crippen LogP contribution in [0.5, 0.6) is 5.75 Å². The van der Waals surface area contributed by atoms with Crippen LogP contribution in [0.4, 0.5) is 0 Å². The lowest BCUT2D eigenvalue weighted by Gasteiger charge is -2.40. The molecule has 4 heteroatoms. The van der Waals surface area contributed by atoms with Crippen molar-refractivity contribution in [2.45, 2.75) is 46.5 Å². The van der Waals surface area contributed by atoms with Crippen LogP contribution in [0.1, 0.15) is 45.6 Å². The van der Waals surface area contributed by atoms with Crippen LogP contribution in [0, 0.1) is 11.3 Å². The molecule has 1 fully saturated rings. The summed E-state index contributed by atoms with van der Waals surface area (Å²) >= 11 is 0. The number of carbonyl (C=O) groups is 1. The molecule has 2 rings (SSSR count). The molecule has 1 heterocycles. The first-order valence-electron chi connectivity index (χ1n) is 9.55. The molecule has 0 N–H and O–H groups in total. The lowest BCUT2D eigenvalue weighted by Crippen LogP contribution is -2.47. The van der Waals surface area contributed by atoms with E-state index in [0.717, 1.165) is 50.2 Å². The van der Waals surface area contributed by atoms with Crippen LogP contribution in [-0.2, 0) is 16.0 Å². The van der Waals surface area contributed by atoms with Crippen LogP contribution >= 0.6 is 0 Å². The van der Waals surface area contributed by atoms with Crippen molar-refractivity contribution >= 4 is 5.97 Å². The van der Waals surface area contributed by atoms with E-state index < -0.39 is 5.41 Å². The Balaban J connectivity index is 2.12. The molecule has 0 aliphatic carbocycles. The summed E-state index contributed by atoms with van der Waals surface area (Å²) in [6.45, 7) is 9.91. The zero-order valence-corrected chi connectivity index (χ0v) is 16.2. The molecule has 0 radical (unpaired) electrons. The highest BCUT2D eigenvalue weighted by atomic mass is 16.5. The van der Waals surface area contributed by atoms with E-state index in [1.54, 1.807) is 7.11 Å². The minimum atomic E-state index is -0.408. The molecule has 140 valence electrons. The van der Waals surface area contributed by atoms with E-state index in [-0.39, 0.29) is 5.97 Å². The molecular weight excluding hydrogens is 314 g/mol. The van der Waals surface area contributed by atoms with Gasteiger partial charge in [-0.15, -0.1) is 0 Å². The molecule has 0 unspecified atom stereocenters. The molecular formula is C21H33NO3. The number of hydrogen-bond acceptors (Lipinski definition) is 4. The minimum Gasteiger partial charge on any atom is -0.497 e. The number of esters is 1. The summed E-state index contributed by atoms with van der Waals surface area (Å²) < 4.78 is 10.8. The van der Waals surface area contributed by atoms with Crippen molar-refractivity contribution in [3.8, 4) is 5.75 Å². The Hall–Kier alpha value is -1.55. The van der Waals surface area contributed by atoms with Gasteiger partial charge in [-0.25, -0.2) is 0 Å². The third-order valence-corrected chi connectivity index (χ3v) is 5.47. The third-order valence-electron chi connectivity index (χ3n) is 5.47. The number of rotatable bonds is 8. The van der Waals surface area contributed by atoms with E-state index in [9.17, 15) is 4.79 Å². The number of hydrogen-bond donors (Lipinski definition) is 0. The van der Waals surface area contributed by atoms with Crippen LogP contribution in [0.25, 0.3) is 0 Å². The maximum absolute atomic E-state index is 12.8. The lowest BCUT2D eigenvalue weighted by molar-refractivity contribution is -0.158. The van der Waals surface area contributed by atoms with Gasteiger partial charge in [0.1, 0.15) is 5.75 Å². The van der Waals surface area contributed by atoms with Gasteiger partial charge < -0.3 is 14.4 Å². The first-order chi connectivity index (χ1) is 12.0. The Labute approximate surface area is 152 Å². The lowest BCUT2D eigenvalue weighted by atomic mass is 9.73. The number of benzene rings is 1. The summed E-state index contributed by atoms with van der Waals surface area (Å²) in [7, 11) is 1.67. The quantitative estimate of drug-likeness (QED) is 0.668. The summed E-state index contributed by atoms with van der Waals surface area (Å²) in [5, 5.41) is 0. The second-order valence-electron chi connectivity index (χ2n) is 7.34. The molecule has 1 saturated heterocycles. The summed E-state index contributed by atoms with van der Waals surface area (Å²) in [6, 6.07) is 8.04. The molecule has 1 aromatic carbocycles. The average Bonchev–Trinajstić information content (AvgIpc) is 2.63. The molecule has 1 aliphatic rings. The third kappa shape index (κ3) is 5.21. The van der Waals surface area contributed by atoms with E-state index in [0.29, 0.717) is 12.5 Å². The number of nitrogens with zero attached hydrogens (tertiary/aromatic N) is 1. The number of carbonyl (C=O) groups excluding carboxylic acids is 1. The van der Waals surface area contributed by atoms with E-state index in [1.165, 1.54) is 6.42 Å². The first-order valence-corrected chi connectivity index (χ1v) is 9.55. The zero-order valence-electron chi connectivity index (χ0n) is 16.2. The van der Waals surface area contributed by atoms with Crippen LogP contribution in [0.15, 0.2) is 24.3 Å². The van der Waals surface area contributed by atoms with Crippen molar-refractivity contribution in [2.75, 3.05) is 33.4 Å². The van der Waals surface area contributed by atoms with Crippen molar-refractivity contribution < 1.29 is 14.3 Å². The maximum atomic E-state index is 12.8. The first kappa shape index (κ1) is 19.8. The van der Waals surface area contributed by atoms with Gasteiger partial charge in [-0.3, -0.25) is 4.79 Å². The van der Waals surface area contributed by atoms with Gasteiger partial charge in [-0.1, -0.05) is 32.4 Å². The highest BCUT2D eigenvalue weighted by molar-refractivity contribution is 5.77. The molecule has 1 atom stereocenters. The molecule has 0 bridgehead atoms. The zero-order chi connectivity index (χ0) is 18.3. The number of piperidine rings is 1. The molecule has 0 spiro atoms. The van der Waals surface area contributed by atoms with Crippen LogP contribution in [0.2, 0.25) is 0 Å². The standard InChI is InChI=1S/C21H33NO3/c1-5-17(3)16-22-12-10-21(11-13-22,20(23)25-6-2)15-18-8-7-9-19(14-18)24-4/h7-9,14,17H,5-6,10-13,15-16H2,1-4H3/t17-/m1/s1. The van der Waals surface area contributed by atoms with Gasteiger partial charge >= 0.3 is 5.97 Å². The average molecular weight is 347 g/mol. The Bertz CT molecular complexity index is 550. The molecule has 4 nitrogen and oxygen atoms in total. The SMILES string of the molecule is CCOC(=O)C1(Cc2cccc(OC)c2)CCN(C[C@H](C)CC)CC1. The Kier molecular flexibility index (Phi) is 7.30. The summed E-state index contributed by atoms with van der Waals surface area (Å²) in [4.78, 5) is 15.3. The van der Waals surface area contributed by atoms with Gasteiger partial charge in [0.25, 0.3) is 0 Å².